The van der Waals surface area contributed by atoms with Gasteiger partial charge in [-0.15, -0.1) is 0 Å². The second kappa shape index (κ2) is 4.11. The van der Waals surface area contributed by atoms with E-state index >= 15 is 0 Å². The highest BCUT2D eigenvalue weighted by atomic mass is 15.1. The SMILES string of the molecule is NCCNc1ncc2c(N)nc(N)nc2n1. The number of nitrogen functional groups attached to an aromatic ring is 2. The van der Waals surface area contributed by atoms with Crippen LogP contribution in [0.5, 0.6) is 0 Å². The first kappa shape index (κ1) is 10.3. The van der Waals surface area contributed by atoms with Crippen LogP contribution < -0.4 is 22.5 Å². The molecule has 2 aromatic heterocycles. The van der Waals surface area contributed by atoms with Gasteiger partial charge in [0.15, 0.2) is 5.65 Å². The number of hydrogen-bond acceptors (Lipinski definition) is 8. The minimum atomic E-state index is 0.0912. The number of anilines is 3. The van der Waals surface area contributed by atoms with Crippen molar-refractivity contribution in [2.45, 2.75) is 0 Å². The molecule has 2 rings (SSSR count). The van der Waals surface area contributed by atoms with Crippen LogP contribution in [0.25, 0.3) is 11.0 Å². The quantitative estimate of drug-likeness (QED) is 0.513. The zero-order chi connectivity index (χ0) is 11.5. The van der Waals surface area contributed by atoms with E-state index in [1.54, 1.807) is 6.20 Å². The Labute approximate surface area is 91.3 Å². The van der Waals surface area contributed by atoms with Crippen molar-refractivity contribution >= 4 is 28.7 Å². The van der Waals surface area contributed by atoms with Gasteiger partial charge in [-0.05, 0) is 0 Å². The fourth-order valence-electron chi connectivity index (χ4n) is 1.23. The fraction of sp³-hybridized carbons (Fsp3) is 0.250. The van der Waals surface area contributed by atoms with Crippen molar-refractivity contribution in [2.75, 3.05) is 29.9 Å². The Morgan fingerprint density at radius 3 is 2.75 bits per heavy atom. The van der Waals surface area contributed by atoms with Crippen LogP contribution in [0.1, 0.15) is 0 Å². The van der Waals surface area contributed by atoms with Gasteiger partial charge in [0.1, 0.15) is 5.82 Å². The highest BCUT2D eigenvalue weighted by molar-refractivity contribution is 5.85. The molecule has 0 aliphatic rings. The third-order valence-electron chi connectivity index (χ3n) is 1.93. The predicted octanol–water partition coefficient (Wildman–Crippen LogP) is -1.05. The van der Waals surface area contributed by atoms with Gasteiger partial charge in [0.2, 0.25) is 11.9 Å². The number of nitrogens with two attached hydrogens (primary N) is 3. The summed E-state index contributed by atoms with van der Waals surface area (Å²) in [7, 11) is 0. The van der Waals surface area contributed by atoms with Gasteiger partial charge in [-0.2, -0.15) is 15.0 Å². The van der Waals surface area contributed by atoms with Gasteiger partial charge in [-0.1, -0.05) is 0 Å². The summed E-state index contributed by atoms with van der Waals surface area (Å²) in [6, 6.07) is 0. The van der Waals surface area contributed by atoms with Gasteiger partial charge in [-0.25, -0.2) is 4.98 Å². The molecule has 0 saturated carbocycles. The maximum atomic E-state index is 5.66. The molecule has 0 saturated heterocycles. The van der Waals surface area contributed by atoms with E-state index < -0.39 is 0 Å². The largest absolute Gasteiger partial charge is 0.383 e. The molecule has 8 heteroatoms. The van der Waals surface area contributed by atoms with Crippen LogP contribution in [0.3, 0.4) is 0 Å². The monoisotopic (exact) mass is 220 g/mol. The molecule has 0 aliphatic heterocycles. The molecule has 16 heavy (non-hydrogen) atoms. The first-order valence-corrected chi connectivity index (χ1v) is 4.70. The van der Waals surface area contributed by atoms with Crippen molar-refractivity contribution in [3.8, 4) is 0 Å². The lowest BCUT2D eigenvalue weighted by Crippen LogP contribution is -2.15. The van der Waals surface area contributed by atoms with Crippen molar-refractivity contribution in [1.82, 2.24) is 19.9 Å². The summed E-state index contributed by atoms with van der Waals surface area (Å²) in [5, 5.41) is 3.51. The number of nitrogens with one attached hydrogen (secondary N) is 1. The van der Waals surface area contributed by atoms with Gasteiger partial charge < -0.3 is 22.5 Å². The second-order valence-corrected chi connectivity index (χ2v) is 3.11. The summed E-state index contributed by atoms with van der Waals surface area (Å²) in [4.78, 5) is 16.0. The van der Waals surface area contributed by atoms with Crippen molar-refractivity contribution in [1.29, 1.82) is 0 Å². The number of nitrogens with zero attached hydrogens (tertiary/aromatic N) is 4. The molecule has 0 fully saturated rings. The van der Waals surface area contributed by atoms with E-state index in [0.717, 1.165) is 0 Å². The van der Waals surface area contributed by atoms with Crippen LogP contribution in [0.2, 0.25) is 0 Å². The van der Waals surface area contributed by atoms with Gasteiger partial charge >= 0.3 is 0 Å². The van der Waals surface area contributed by atoms with Crippen LogP contribution in [0, 0.1) is 0 Å². The van der Waals surface area contributed by atoms with E-state index in [1.165, 1.54) is 0 Å². The smallest absolute Gasteiger partial charge is 0.224 e. The van der Waals surface area contributed by atoms with E-state index in [-0.39, 0.29) is 11.8 Å². The molecule has 84 valence electrons. The highest BCUT2D eigenvalue weighted by Gasteiger charge is 2.06. The van der Waals surface area contributed by atoms with E-state index in [4.69, 9.17) is 17.2 Å². The Morgan fingerprint density at radius 2 is 2.00 bits per heavy atom. The van der Waals surface area contributed by atoms with Gasteiger partial charge in [0, 0.05) is 19.3 Å². The average Bonchev–Trinajstić information content (AvgIpc) is 2.25. The lowest BCUT2D eigenvalue weighted by Gasteiger charge is -2.04. The summed E-state index contributed by atoms with van der Waals surface area (Å²) in [6.45, 7) is 1.08. The van der Waals surface area contributed by atoms with E-state index in [9.17, 15) is 0 Å². The molecule has 0 aliphatic carbocycles. The fourth-order valence-corrected chi connectivity index (χ4v) is 1.23. The Morgan fingerprint density at radius 1 is 1.19 bits per heavy atom. The first-order chi connectivity index (χ1) is 7.70. The van der Waals surface area contributed by atoms with E-state index in [1.807, 2.05) is 0 Å². The average molecular weight is 220 g/mol. The molecule has 7 N–H and O–H groups in total. The number of hydrogen-bond donors (Lipinski definition) is 4. The molecular weight excluding hydrogens is 208 g/mol. The molecule has 8 nitrogen and oxygen atoms in total. The molecule has 0 spiro atoms. The zero-order valence-electron chi connectivity index (χ0n) is 8.51. The maximum Gasteiger partial charge on any atom is 0.224 e. The summed E-state index contributed by atoms with van der Waals surface area (Å²) in [5.74, 6) is 0.803. The Kier molecular flexibility index (Phi) is 2.64. The minimum absolute atomic E-state index is 0.0912. The van der Waals surface area contributed by atoms with Crippen molar-refractivity contribution in [3.63, 3.8) is 0 Å². The van der Waals surface area contributed by atoms with Gasteiger partial charge in [0.25, 0.3) is 0 Å². The predicted molar refractivity (Wildman–Crippen MR) is 61.5 cm³/mol. The molecule has 2 heterocycles. The maximum absolute atomic E-state index is 5.66. The molecule has 0 aromatic carbocycles. The van der Waals surface area contributed by atoms with Crippen LogP contribution in [0.15, 0.2) is 6.20 Å². The topological polar surface area (TPSA) is 142 Å². The van der Waals surface area contributed by atoms with Gasteiger partial charge in [0.05, 0.1) is 5.39 Å². The van der Waals surface area contributed by atoms with Crippen LogP contribution in [0.4, 0.5) is 17.7 Å². The number of rotatable bonds is 3. The third kappa shape index (κ3) is 1.91. The van der Waals surface area contributed by atoms with Gasteiger partial charge in [-0.3, -0.25) is 0 Å². The molecule has 0 atom stereocenters. The molecule has 0 amide bonds. The summed E-state index contributed by atoms with van der Waals surface area (Å²) < 4.78 is 0. The minimum Gasteiger partial charge on any atom is -0.383 e. The summed E-state index contributed by atoms with van der Waals surface area (Å²) in [6.07, 6.45) is 1.55. The lowest BCUT2D eigenvalue weighted by molar-refractivity contribution is 0.992. The Hall–Kier alpha value is -2.22. The standard InChI is InChI=1S/C8H12N8/c9-1-2-12-8-13-3-4-5(10)14-7(11)15-6(4)16-8/h3H,1-2,9H2,(H5,10,11,12,13,14,15,16). The molecular formula is C8H12N8. The summed E-state index contributed by atoms with van der Waals surface area (Å²) >= 11 is 0. The zero-order valence-corrected chi connectivity index (χ0v) is 8.51. The Balaban J connectivity index is 2.45. The van der Waals surface area contributed by atoms with Crippen molar-refractivity contribution in [2.24, 2.45) is 5.73 Å². The van der Waals surface area contributed by atoms with Crippen LogP contribution in [-0.4, -0.2) is 33.0 Å². The number of fused-ring (bicyclic) bond motifs is 1. The van der Waals surface area contributed by atoms with Crippen LogP contribution >= 0.6 is 0 Å². The van der Waals surface area contributed by atoms with Crippen molar-refractivity contribution < 1.29 is 0 Å². The molecule has 0 bridgehead atoms. The molecule has 0 radical (unpaired) electrons. The normalized spacial score (nSPS) is 10.6. The first-order valence-electron chi connectivity index (χ1n) is 4.70. The van der Waals surface area contributed by atoms with Crippen LogP contribution in [-0.2, 0) is 0 Å². The third-order valence-corrected chi connectivity index (χ3v) is 1.93. The van der Waals surface area contributed by atoms with Crippen molar-refractivity contribution in [3.05, 3.63) is 6.20 Å². The Bertz CT molecular complexity index is 511. The number of aromatic nitrogens is 4. The second-order valence-electron chi connectivity index (χ2n) is 3.11. The van der Waals surface area contributed by atoms with E-state index in [2.05, 4.69) is 25.3 Å². The highest BCUT2D eigenvalue weighted by Crippen LogP contribution is 2.16. The molecule has 0 unspecified atom stereocenters. The van der Waals surface area contributed by atoms with E-state index in [0.29, 0.717) is 30.1 Å². The molecule has 2 aromatic rings. The summed E-state index contributed by atoms with van der Waals surface area (Å²) in [5.41, 5.74) is 16.9. The lowest BCUT2D eigenvalue weighted by atomic mass is 10.4.